The first kappa shape index (κ1) is 18.8. The molecular formula is C6H13NO10Si. The zero-order valence-electron chi connectivity index (χ0n) is 8.92. The smallest absolute Gasteiger partial charge is 0.480 e. The molecule has 12 heteroatoms. The number of aliphatic carboxylic acids is 3. The molecule has 0 aromatic carbocycles. The molecule has 0 spiro atoms. The van der Waals surface area contributed by atoms with E-state index in [0.29, 0.717) is 0 Å². The molecule has 0 aromatic heterocycles. The molecular weight excluding hydrogens is 274 g/mol. The van der Waals surface area contributed by atoms with Gasteiger partial charge in [0.25, 0.3) is 0 Å². The third-order valence-electron chi connectivity index (χ3n) is 1.08. The molecule has 0 fully saturated rings. The van der Waals surface area contributed by atoms with Crippen molar-refractivity contribution in [2.24, 2.45) is 0 Å². The van der Waals surface area contributed by atoms with Crippen LogP contribution in [-0.4, -0.2) is 86.0 Å². The minimum Gasteiger partial charge on any atom is -0.480 e. The van der Waals surface area contributed by atoms with Crippen LogP contribution in [0.1, 0.15) is 0 Å². The predicted octanol–water partition coefficient (Wildman–Crippen LogP) is -4.07. The molecule has 0 rings (SSSR count). The van der Waals surface area contributed by atoms with Gasteiger partial charge in [0.05, 0.1) is 19.6 Å². The topological polar surface area (TPSA) is 196 Å². The van der Waals surface area contributed by atoms with Crippen LogP contribution in [0, 0.1) is 0 Å². The van der Waals surface area contributed by atoms with E-state index >= 15 is 0 Å². The Labute approximate surface area is 101 Å². The maximum atomic E-state index is 10.1. The van der Waals surface area contributed by atoms with Gasteiger partial charge >= 0.3 is 27.0 Å². The molecule has 0 saturated heterocycles. The fourth-order valence-electron chi connectivity index (χ4n) is 0.742. The average Bonchev–Trinajstić information content (AvgIpc) is 1.94. The minimum absolute atomic E-state index is 0.599. The summed E-state index contributed by atoms with van der Waals surface area (Å²) in [5.74, 6) is -3.78. The lowest BCUT2D eigenvalue weighted by Gasteiger charge is -2.14. The second kappa shape index (κ2) is 8.51. The van der Waals surface area contributed by atoms with Crippen LogP contribution in [0.25, 0.3) is 0 Å². The SMILES string of the molecule is O=C(O)CN(CC(=O)O)CC(=O)O.O[Si](O)(O)O. The summed E-state index contributed by atoms with van der Waals surface area (Å²) in [5, 5.41) is 24.8. The summed E-state index contributed by atoms with van der Waals surface area (Å²) in [6.45, 7) is -1.80. The predicted molar refractivity (Wildman–Crippen MR) is 54.0 cm³/mol. The van der Waals surface area contributed by atoms with E-state index in [4.69, 9.17) is 34.5 Å². The van der Waals surface area contributed by atoms with Gasteiger partial charge in [0.15, 0.2) is 0 Å². The summed E-state index contributed by atoms with van der Waals surface area (Å²) < 4.78 is 0. The highest BCUT2D eigenvalue weighted by molar-refractivity contribution is 6.46. The number of hydrogen-bond acceptors (Lipinski definition) is 8. The molecule has 0 aliphatic carbocycles. The van der Waals surface area contributed by atoms with Crippen LogP contribution in [0.3, 0.4) is 0 Å². The van der Waals surface area contributed by atoms with Gasteiger partial charge in [-0.05, 0) is 0 Å². The van der Waals surface area contributed by atoms with Gasteiger partial charge in [-0.3, -0.25) is 19.3 Å². The first-order valence-corrected chi connectivity index (χ1v) is 5.98. The molecule has 18 heavy (non-hydrogen) atoms. The van der Waals surface area contributed by atoms with E-state index in [-0.39, 0.29) is 0 Å². The van der Waals surface area contributed by atoms with Crippen LogP contribution in [0.5, 0.6) is 0 Å². The molecule has 106 valence electrons. The van der Waals surface area contributed by atoms with Crippen molar-refractivity contribution in [3.8, 4) is 0 Å². The molecule has 0 amide bonds. The summed E-state index contributed by atoms with van der Waals surface area (Å²) in [6.07, 6.45) is 0. The fraction of sp³-hybridized carbons (Fsp3) is 0.500. The molecule has 0 aliphatic heterocycles. The Bertz CT molecular complexity index is 255. The van der Waals surface area contributed by atoms with E-state index < -0.39 is 46.6 Å². The molecule has 0 bridgehead atoms. The first-order chi connectivity index (χ1) is 7.91. The molecule has 0 unspecified atom stereocenters. The van der Waals surface area contributed by atoms with Crippen LogP contribution in [0.4, 0.5) is 0 Å². The first-order valence-electron chi connectivity index (χ1n) is 4.19. The summed E-state index contributed by atoms with van der Waals surface area (Å²) >= 11 is 0. The van der Waals surface area contributed by atoms with Gasteiger partial charge in [0.2, 0.25) is 0 Å². The van der Waals surface area contributed by atoms with E-state index in [1.54, 1.807) is 0 Å². The van der Waals surface area contributed by atoms with Crippen LogP contribution < -0.4 is 0 Å². The molecule has 0 heterocycles. The van der Waals surface area contributed by atoms with Gasteiger partial charge < -0.3 is 34.5 Å². The Morgan fingerprint density at radius 3 is 1.00 bits per heavy atom. The maximum absolute atomic E-state index is 10.1. The molecule has 0 aromatic rings. The van der Waals surface area contributed by atoms with E-state index in [1.165, 1.54) is 0 Å². The van der Waals surface area contributed by atoms with E-state index in [2.05, 4.69) is 0 Å². The monoisotopic (exact) mass is 287 g/mol. The van der Waals surface area contributed by atoms with Gasteiger partial charge in [-0.15, -0.1) is 0 Å². The van der Waals surface area contributed by atoms with Gasteiger partial charge in [-0.2, -0.15) is 0 Å². The fourth-order valence-corrected chi connectivity index (χ4v) is 0.742. The van der Waals surface area contributed by atoms with Crippen molar-refractivity contribution in [2.45, 2.75) is 0 Å². The highest BCUT2D eigenvalue weighted by Crippen LogP contribution is 1.87. The number of carbonyl (C=O) groups is 3. The van der Waals surface area contributed by atoms with E-state index in [1.807, 2.05) is 0 Å². The molecule has 11 nitrogen and oxygen atoms in total. The second-order valence-corrected chi connectivity index (χ2v) is 4.13. The number of rotatable bonds is 6. The highest BCUT2D eigenvalue weighted by atomic mass is 28.4. The summed E-state index contributed by atoms with van der Waals surface area (Å²) in [6, 6.07) is 0. The summed E-state index contributed by atoms with van der Waals surface area (Å²) in [4.78, 5) is 60.5. The number of carboxylic acid groups (broad SMARTS) is 3. The van der Waals surface area contributed by atoms with Crippen LogP contribution in [0.2, 0.25) is 0 Å². The third kappa shape index (κ3) is 23.9. The van der Waals surface area contributed by atoms with Gasteiger partial charge in [-0.25, -0.2) is 0 Å². The van der Waals surface area contributed by atoms with Crippen LogP contribution >= 0.6 is 0 Å². The normalized spacial score (nSPS) is 10.5. The standard InChI is InChI=1S/C6H9NO6.H4O4Si/c8-4(9)1-7(2-5(10)11)3-6(12)13;1-5(2,3)4/h1-3H2,(H,8,9)(H,10,11)(H,12,13);1-4H. The van der Waals surface area contributed by atoms with Crippen molar-refractivity contribution in [3.05, 3.63) is 0 Å². The largest absolute Gasteiger partial charge is 0.668 e. The molecule has 0 radical (unpaired) electrons. The minimum atomic E-state index is -4.61. The van der Waals surface area contributed by atoms with Crippen LogP contribution in [0.15, 0.2) is 0 Å². The van der Waals surface area contributed by atoms with E-state index in [0.717, 1.165) is 4.90 Å². The zero-order chi connectivity index (χ0) is 14.9. The zero-order valence-corrected chi connectivity index (χ0v) is 9.92. The number of nitrogens with zero attached hydrogens (tertiary/aromatic N) is 1. The lowest BCUT2D eigenvalue weighted by Crippen LogP contribution is -2.38. The van der Waals surface area contributed by atoms with Crippen molar-refractivity contribution >= 4 is 27.0 Å². The Balaban J connectivity index is 0. The summed E-state index contributed by atoms with van der Waals surface area (Å²) in [5.41, 5.74) is 0. The number of carboxylic acids is 3. The molecule has 7 N–H and O–H groups in total. The van der Waals surface area contributed by atoms with Crippen molar-refractivity contribution in [3.63, 3.8) is 0 Å². The lowest BCUT2D eigenvalue weighted by molar-refractivity contribution is -0.144. The Hall–Kier alpha value is -1.57. The van der Waals surface area contributed by atoms with Gasteiger partial charge in [0.1, 0.15) is 0 Å². The highest BCUT2D eigenvalue weighted by Gasteiger charge is 2.22. The quantitative estimate of drug-likeness (QED) is 0.235. The Morgan fingerprint density at radius 1 is 0.722 bits per heavy atom. The third-order valence-corrected chi connectivity index (χ3v) is 1.08. The van der Waals surface area contributed by atoms with Crippen molar-refractivity contribution in [1.29, 1.82) is 0 Å². The molecule has 0 aliphatic rings. The van der Waals surface area contributed by atoms with Crippen molar-refractivity contribution < 1.29 is 48.9 Å². The van der Waals surface area contributed by atoms with Crippen LogP contribution in [-0.2, 0) is 14.4 Å². The second-order valence-electron chi connectivity index (χ2n) is 2.93. The molecule has 0 atom stereocenters. The lowest BCUT2D eigenvalue weighted by atomic mass is 10.4. The maximum Gasteiger partial charge on any atom is 0.668 e. The van der Waals surface area contributed by atoms with E-state index in [9.17, 15) is 14.4 Å². The Morgan fingerprint density at radius 2 is 0.889 bits per heavy atom. The van der Waals surface area contributed by atoms with Gasteiger partial charge in [-0.1, -0.05) is 0 Å². The Kier molecular flexibility index (Phi) is 8.88. The van der Waals surface area contributed by atoms with Gasteiger partial charge in [0, 0.05) is 0 Å². The van der Waals surface area contributed by atoms with Crippen molar-refractivity contribution in [2.75, 3.05) is 19.6 Å². The van der Waals surface area contributed by atoms with Crippen molar-refractivity contribution in [1.82, 2.24) is 4.90 Å². The summed E-state index contributed by atoms with van der Waals surface area (Å²) in [7, 11) is -4.61. The molecule has 0 saturated carbocycles. The average molecular weight is 287 g/mol. The number of hydrogen-bond donors (Lipinski definition) is 7.